The Morgan fingerprint density at radius 2 is 1.93 bits per heavy atom. The van der Waals surface area contributed by atoms with Crippen molar-refractivity contribution >= 4 is 23.6 Å². The molecule has 0 bridgehead atoms. The van der Waals surface area contributed by atoms with E-state index in [9.17, 15) is 4.79 Å². The summed E-state index contributed by atoms with van der Waals surface area (Å²) in [7, 11) is 0. The van der Waals surface area contributed by atoms with Crippen molar-refractivity contribution in [2.75, 3.05) is 18.5 Å². The molecule has 15 heavy (non-hydrogen) atoms. The number of hydrogen-bond acceptors (Lipinski definition) is 3. The maximum absolute atomic E-state index is 10.8. The van der Waals surface area contributed by atoms with E-state index in [0.29, 0.717) is 24.7 Å². The zero-order chi connectivity index (χ0) is 10.8. The van der Waals surface area contributed by atoms with E-state index in [2.05, 4.69) is 17.9 Å². The molecule has 1 N–H and O–H groups in total. The summed E-state index contributed by atoms with van der Waals surface area (Å²) in [6, 6.07) is 3.59. The maximum Gasteiger partial charge on any atom is 0.280 e. The Morgan fingerprint density at radius 1 is 1.33 bits per heavy atom. The number of anilines is 1. The van der Waals surface area contributed by atoms with Gasteiger partial charge in [0.25, 0.3) is 5.24 Å². The van der Waals surface area contributed by atoms with Crippen LogP contribution in [0.4, 0.5) is 10.5 Å². The molecule has 0 spiro atoms. The van der Waals surface area contributed by atoms with Gasteiger partial charge in [-0.05, 0) is 18.6 Å². The summed E-state index contributed by atoms with van der Waals surface area (Å²) in [5, 5.41) is 2.22. The van der Waals surface area contributed by atoms with Gasteiger partial charge in [0.05, 0.1) is 0 Å². The Labute approximate surface area is 93.0 Å². The summed E-state index contributed by atoms with van der Waals surface area (Å²) < 4.78 is 10.8. The van der Waals surface area contributed by atoms with Crippen LogP contribution in [0.3, 0.4) is 0 Å². The fraction of sp³-hybridized carbons (Fsp3) is 0.300. The van der Waals surface area contributed by atoms with Gasteiger partial charge in [-0.25, -0.2) is 0 Å². The van der Waals surface area contributed by atoms with Gasteiger partial charge in [-0.3, -0.25) is 4.79 Å². The van der Waals surface area contributed by atoms with Crippen LogP contribution < -0.4 is 14.8 Å². The minimum Gasteiger partial charge on any atom is -0.486 e. The Morgan fingerprint density at radius 3 is 2.53 bits per heavy atom. The smallest absolute Gasteiger partial charge is 0.280 e. The van der Waals surface area contributed by atoms with Gasteiger partial charge >= 0.3 is 0 Å². The average Bonchev–Trinajstić information content (AvgIpc) is 2.18. The van der Waals surface area contributed by atoms with Gasteiger partial charge in [-0.2, -0.15) is 0 Å². The van der Waals surface area contributed by atoms with Crippen LogP contribution in [0.25, 0.3) is 0 Å². The van der Waals surface area contributed by atoms with Gasteiger partial charge in [0.15, 0.2) is 11.5 Å². The van der Waals surface area contributed by atoms with Crippen LogP contribution in [-0.4, -0.2) is 18.5 Å². The molecule has 0 radical (unpaired) electrons. The number of fused-ring (bicyclic) bond motifs is 1. The molecule has 0 saturated heterocycles. The number of aryl methyl sites for hydroxylation is 1. The molecule has 1 aromatic rings. The monoisotopic (exact) mass is 225 g/mol. The van der Waals surface area contributed by atoms with Crippen LogP contribution in [0.2, 0.25) is 0 Å². The Balaban J connectivity index is 2.36. The van der Waals surface area contributed by atoms with Crippen molar-refractivity contribution in [3.05, 3.63) is 17.7 Å². The summed E-state index contributed by atoms with van der Waals surface area (Å²) >= 11 is 3.66. The van der Waals surface area contributed by atoms with E-state index in [0.717, 1.165) is 11.3 Å². The third-order valence-electron chi connectivity index (χ3n) is 2.13. The number of carbonyl (C=O) groups excluding carboxylic acids is 1. The van der Waals surface area contributed by atoms with Crippen molar-refractivity contribution in [1.82, 2.24) is 0 Å². The molecular formula is C10H11NO3S. The normalized spacial score (nSPS) is 13.5. The van der Waals surface area contributed by atoms with Crippen molar-refractivity contribution in [3.63, 3.8) is 0 Å². The number of carbonyl (C=O) groups is 1. The molecule has 80 valence electrons. The number of nitrogens with one attached hydrogen (secondary N) is 1. The second kappa shape index (κ2) is 4.02. The van der Waals surface area contributed by atoms with Crippen molar-refractivity contribution in [2.45, 2.75) is 6.92 Å². The third-order valence-corrected chi connectivity index (χ3v) is 2.24. The molecule has 0 unspecified atom stereocenters. The fourth-order valence-electron chi connectivity index (χ4n) is 1.44. The van der Waals surface area contributed by atoms with Gasteiger partial charge in [-0.15, -0.1) is 0 Å². The molecule has 0 fully saturated rings. The summed E-state index contributed by atoms with van der Waals surface area (Å²) in [6.45, 7) is 2.98. The van der Waals surface area contributed by atoms with Gasteiger partial charge in [0, 0.05) is 11.8 Å². The molecule has 0 aromatic heterocycles. The zero-order valence-electron chi connectivity index (χ0n) is 8.24. The van der Waals surface area contributed by atoms with E-state index < -0.39 is 5.24 Å². The minimum absolute atomic E-state index is 0.394. The zero-order valence-corrected chi connectivity index (χ0v) is 9.14. The Bertz CT molecular complexity index is 406. The number of benzene rings is 1. The molecule has 5 heteroatoms. The first-order valence-corrected chi connectivity index (χ1v) is 5.02. The lowest BCUT2D eigenvalue weighted by molar-refractivity contribution is 0.171. The highest BCUT2D eigenvalue weighted by molar-refractivity contribution is 7.96. The Kier molecular flexibility index (Phi) is 2.73. The van der Waals surface area contributed by atoms with Crippen molar-refractivity contribution in [1.29, 1.82) is 0 Å². The van der Waals surface area contributed by atoms with Gasteiger partial charge in [0.2, 0.25) is 0 Å². The quantitative estimate of drug-likeness (QED) is 0.720. The topological polar surface area (TPSA) is 47.6 Å². The van der Waals surface area contributed by atoms with E-state index in [1.165, 1.54) is 0 Å². The van der Waals surface area contributed by atoms with Gasteiger partial charge in [-0.1, -0.05) is 12.6 Å². The lowest BCUT2D eigenvalue weighted by Gasteiger charge is -2.20. The Hall–Kier alpha value is -1.36. The van der Waals surface area contributed by atoms with E-state index in [1.807, 2.05) is 13.0 Å². The van der Waals surface area contributed by atoms with E-state index in [-0.39, 0.29) is 0 Å². The molecule has 1 heterocycles. The first-order chi connectivity index (χ1) is 7.16. The maximum atomic E-state index is 10.8. The number of ether oxygens (including phenoxy) is 2. The van der Waals surface area contributed by atoms with Crippen molar-refractivity contribution in [3.8, 4) is 11.5 Å². The first kappa shape index (κ1) is 10.2. The molecular weight excluding hydrogens is 214 g/mol. The SMILES string of the molecule is Cc1cc2c(cc1NC(=O)S)OCCO2. The highest BCUT2D eigenvalue weighted by atomic mass is 32.1. The first-order valence-electron chi connectivity index (χ1n) is 4.57. The van der Waals surface area contributed by atoms with Crippen LogP contribution in [0.15, 0.2) is 12.1 Å². The average molecular weight is 225 g/mol. The minimum atomic E-state index is -0.394. The van der Waals surface area contributed by atoms with Crippen LogP contribution >= 0.6 is 12.6 Å². The van der Waals surface area contributed by atoms with Crippen LogP contribution in [0.5, 0.6) is 11.5 Å². The summed E-state index contributed by atoms with van der Waals surface area (Å²) in [5.41, 5.74) is 1.61. The van der Waals surface area contributed by atoms with E-state index in [4.69, 9.17) is 9.47 Å². The highest BCUT2D eigenvalue weighted by Crippen LogP contribution is 2.35. The van der Waals surface area contributed by atoms with Crippen LogP contribution in [-0.2, 0) is 0 Å². The predicted octanol–water partition coefficient (Wildman–Crippen LogP) is 2.23. The molecule has 1 aliphatic heterocycles. The number of hydrogen-bond donors (Lipinski definition) is 2. The molecule has 1 aromatic carbocycles. The number of amides is 1. The molecule has 4 nitrogen and oxygen atoms in total. The highest BCUT2D eigenvalue weighted by Gasteiger charge is 2.14. The summed E-state index contributed by atoms with van der Waals surface area (Å²) in [4.78, 5) is 10.8. The molecule has 0 atom stereocenters. The lowest BCUT2D eigenvalue weighted by Crippen LogP contribution is -2.16. The van der Waals surface area contributed by atoms with Gasteiger partial charge < -0.3 is 14.8 Å². The molecule has 1 aliphatic rings. The van der Waals surface area contributed by atoms with E-state index >= 15 is 0 Å². The van der Waals surface area contributed by atoms with Crippen LogP contribution in [0, 0.1) is 6.92 Å². The number of thiol groups is 1. The second-order valence-corrected chi connectivity index (χ2v) is 3.65. The molecule has 1 amide bonds. The van der Waals surface area contributed by atoms with Crippen molar-refractivity contribution in [2.24, 2.45) is 0 Å². The second-order valence-electron chi connectivity index (χ2n) is 3.24. The fourth-order valence-corrected chi connectivity index (χ4v) is 1.56. The summed E-state index contributed by atoms with van der Waals surface area (Å²) in [5.74, 6) is 1.37. The predicted molar refractivity (Wildman–Crippen MR) is 60.2 cm³/mol. The molecule has 2 rings (SSSR count). The lowest BCUT2D eigenvalue weighted by atomic mass is 10.1. The molecule has 0 aliphatic carbocycles. The standard InChI is InChI=1S/C10H11NO3S/c1-6-4-8-9(14-3-2-13-8)5-7(6)11-10(12)15/h4-5H,2-3H2,1H3,(H2,11,12,15). The largest absolute Gasteiger partial charge is 0.486 e. The summed E-state index contributed by atoms with van der Waals surface area (Å²) in [6.07, 6.45) is 0. The number of rotatable bonds is 1. The van der Waals surface area contributed by atoms with Crippen molar-refractivity contribution < 1.29 is 14.3 Å². The third kappa shape index (κ3) is 2.18. The van der Waals surface area contributed by atoms with E-state index in [1.54, 1.807) is 6.07 Å². The van der Waals surface area contributed by atoms with Gasteiger partial charge in [0.1, 0.15) is 13.2 Å². The van der Waals surface area contributed by atoms with Crippen LogP contribution in [0.1, 0.15) is 5.56 Å². The molecule has 0 saturated carbocycles.